The van der Waals surface area contributed by atoms with Gasteiger partial charge in [-0.05, 0) is 46.0 Å². The highest BCUT2D eigenvalue weighted by molar-refractivity contribution is 5.76. The molecular formula is C16H21F3N2O2. The number of aromatic nitrogens is 1. The number of halogens is 3. The first-order valence-electron chi connectivity index (χ1n) is 7.52. The smallest absolute Gasteiger partial charge is 0.416 e. The zero-order chi connectivity index (χ0) is 17.3. The summed E-state index contributed by atoms with van der Waals surface area (Å²) in [5, 5.41) is 3.12. The van der Waals surface area contributed by atoms with Crippen LogP contribution in [-0.2, 0) is 21.3 Å². The predicted molar refractivity (Wildman–Crippen MR) is 78.6 cm³/mol. The second kappa shape index (κ2) is 6.11. The summed E-state index contributed by atoms with van der Waals surface area (Å²) in [6.07, 6.45) is -2.56. The van der Waals surface area contributed by atoms with Gasteiger partial charge < -0.3 is 10.1 Å². The largest absolute Gasteiger partial charge is 0.452 e. The van der Waals surface area contributed by atoms with Gasteiger partial charge in [-0.3, -0.25) is 9.78 Å². The highest BCUT2D eigenvalue weighted by Crippen LogP contribution is 2.38. The van der Waals surface area contributed by atoms with E-state index in [0.717, 1.165) is 18.3 Å². The maximum absolute atomic E-state index is 13.0. The van der Waals surface area contributed by atoms with Crippen molar-refractivity contribution in [3.05, 3.63) is 29.6 Å². The summed E-state index contributed by atoms with van der Waals surface area (Å²) in [6, 6.07) is 1.91. The molecule has 0 amide bonds. The number of pyridine rings is 1. The second-order valence-corrected chi connectivity index (χ2v) is 6.81. The van der Waals surface area contributed by atoms with Crippen molar-refractivity contribution in [2.45, 2.75) is 45.4 Å². The molecule has 7 heteroatoms. The van der Waals surface area contributed by atoms with Crippen molar-refractivity contribution in [3.8, 4) is 0 Å². The maximum atomic E-state index is 13.0. The van der Waals surface area contributed by atoms with E-state index in [1.165, 1.54) is 0 Å². The van der Waals surface area contributed by atoms with Crippen molar-refractivity contribution in [1.29, 1.82) is 0 Å². The van der Waals surface area contributed by atoms with E-state index in [-0.39, 0.29) is 5.69 Å². The number of nitrogens with zero attached hydrogens (tertiary/aromatic N) is 1. The monoisotopic (exact) mass is 330 g/mol. The van der Waals surface area contributed by atoms with E-state index in [4.69, 9.17) is 4.74 Å². The van der Waals surface area contributed by atoms with Gasteiger partial charge in [0.25, 0.3) is 0 Å². The van der Waals surface area contributed by atoms with Crippen molar-refractivity contribution >= 4 is 5.97 Å². The number of hydrogen-bond acceptors (Lipinski definition) is 4. The number of alkyl halides is 3. The van der Waals surface area contributed by atoms with Crippen LogP contribution in [0.25, 0.3) is 0 Å². The fraction of sp³-hybridized carbons (Fsp3) is 0.625. The number of carbonyl (C=O) groups excluding carboxylic acids is 1. The number of nitrogens with one attached hydrogen (secondary N) is 1. The van der Waals surface area contributed by atoms with Gasteiger partial charge in [-0.15, -0.1) is 0 Å². The molecular weight excluding hydrogens is 309 g/mol. The lowest BCUT2D eigenvalue weighted by atomic mass is 9.86. The molecule has 1 N–H and O–H groups in total. The SMILES string of the molecule is CC(C)(C)C(=O)OC1(c2cc(C(F)(F)F)ccn2)CCNCC1. The molecule has 1 fully saturated rings. The van der Waals surface area contributed by atoms with E-state index >= 15 is 0 Å². The predicted octanol–water partition coefficient (Wildman–Crippen LogP) is 3.27. The van der Waals surface area contributed by atoms with Crippen LogP contribution in [0.2, 0.25) is 0 Å². The summed E-state index contributed by atoms with van der Waals surface area (Å²) in [4.78, 5) is 16.4. The normalized spacial score (nSPS) is 18.5. The Bertz CT molecular complexity index is 573. The standard InChI is InChI=1S/C16H21F3N2O2/c1-14(2,3)13(22)23-15(5-8-20-9-6-15)12-10-11(4-7-21-12)16(17,18)19/h4,7,10,20H,5-6,8-9H2,1-3H3. The van der Waals surface area contributed by atoms with Gasteiger partial charge in [0.1, 0.15) is 0 Å². The molecule has 1 aliphatic heterocycles. The van der Waals surface area contributed by atoms with Crippen molar-refractivity contribution in [2.24, 2.45) is 5.41 Å². The van der Waals surface area contributed by atoms with Gasteiger partial charge in [0.15, 0.2) is 5.60 Å². The van der Waals surface area contributed by atoms with E-state index in [0.29, 0.717) is 25.9 Å². The van der Waals surface area contributed by atoms with Gasteiger partial charge in [-0.1, -0.05) is 0 Å². The molecule has 4 nitrogen and oxygen atoms in total. The minimum Gasteiger partial charge on any atom is -0.452 e. The number of rotatable bonds is 2. The number of ether oxygens (including phenoxy) is 1. The summed E-state index contributed by atoms with van der Waals surface area (Å²) >= 11 is 0. The van der Waals surface area contributed by atoms with E-state index in [1.807, 2.05) is 0 Å². The van der Waals surface area contributed by atoms with Crippen LogP contribution in [0.15, 0.2) is 18.3 Å². The first-order valence-corrected chi connectivity index (χ1v) is 7.52. The fourth-order valence-electron chi connectivity index (χ4n) is 2.43. The maximum Gasteiger partial charge on any atom is 0.416 e. The van der Waals surface area contributed by atoms with Crippen molar-refractivity contribution < 1.29 is 22.7 Å². The number of hydrogen-bond donors (Lipinski definition) is 1. The average Bonchev–Trinajstić information content (AvgIpc) is 2.46. The third-order valence-corrected chi connectivity index (χ3v) is 3.87. The van der Waals surface area contributed by atoms with Crippen LogP contribution in [0.1, 0.15) is 44.9 Å². The Morgan fingerprint density at radius 3 is 2.39 bits per heavy atom. The van der Waals surface area contributed by atoms with Gasteiger partial charge in [0.2, 0.25) is 0 Å². The van der Waals surface area contributed by atoms with E-state index in [2.05, 4.69) is 10.3 Å². The molecule has 0 radical (unpaired) electrons. The molecule has 1 aromatic rings. The molecule has 23 heavy (non-hydrogen) atoms. The number of carbonyl (C=O) groups is 1. The Morgan fingerprint density at radius 1 is 1.26 bits per heavy atom. The van der Waals surface area contributed by atoms with Gasteiger partial charge in [-0.25, -0.2) is 0 Å². The minimum absolute atomic E-state index is 0.159. The third kappa shape index (κ3) is 4.02. The van der Waals surface area contributed by atoms with Gasteiger partial charge in [0.05, 0.1) is 16.7 Å². The zero-order valence-corrected chi connectivity index (χ0v) is 13.5. The summed E-state index contributed by atoms with van der Waals surface area (Å²) in [7, 11) is 0. The summed E-state index contributed by atoms with van der Waals surface area (Å²) < 4.78 is 44.6. The Balaban J connectivity index is 2.41. The van der Waals surface area contributed by atoms with Crippen LogP contribution < -0.4 is 5.32 Å². The van der Waals surface area contributed by atoms with Crippen LogP contribution in [0, 0.1) is 5.41 Å². The molecule has 128 valence electrons. The molecule has 0 aromatic carbocycles. The topological polar surface area (TPSA) is 51.2 Å². The molecule has 2 rings (SSSR count). The minimum atomic E-state index is -4.46. The van der Waals surface area contributed by atoms with Crippen LogP contribution in [0.3, 0.4) is 0 Å². The van der Waals surface area contributed by atoms with Crippen LogP contribution in [0.4, 0.5) is 13.2 Å². The summed E-state index contributed by atoms with van der Waals surface area (Å²) in [5.41, 5.74) is -2.48. The molecule has 1 aromatic heterocycles. The first-order chi connectivity index (χ1) is 10.5. The lowest BCUT2D eigenvalue weighted by Gasteiger charge is -2.38. The molecule has 0 atom stereocenters. The van der Waals surface area contributed by atoms with Crippen molar-refractivity contribution in [1.82, 2.24) is 10.3 Å². The van der Waals surface area contributed by atoms with Crippen LogP contribution in [0.5, 0.6) is 0 Å². The van der Waals surface area contributed by atoms with Gasteiger partial charge in [-0.2, -0.15) is 13.2 Å². The van der Waals surface area contributed by atoms with Crippen molar-refractivity contribution in [3.63, 3.8) is 0 Å². The van der Waals surface area contributed by atoms with E-state index in [1.54, 1.807) is 20.8 Å². The van der Waals surface area contributed by atoms with Crippen LogP contribution >= 0.6 is 0 Å². The molecule has 1 aliphatic rings. The van der Waals surface area contributed by atoms with Crippen molar-refractivity contribution in [2.75, 3.05) is 13.1 Å². The lowest BCUT2D eigenvalue weighted by molar-refractivity contribution is -0.174. The second-order valence-electron chi connectivity index (χ2n) is 6.81. The molecule has 1 saturated heterocycles. The average molecular weight is 330 g/mol. The Labute approximate surface area is 133 Å². The Hall–Kier alpha value is -1.63. The number of esters is 1. The third-order valence-electron chi connectivity index (χ3n) is 3.87. The van der Waals surface area contributed by atoms with Crippen LogP contribution in [-0.4, -0.2) is 24.0 Å². The van der Waals surface area contributed by atoms with E-state index < -0.39 is 28.7 Å². The van der Waals surface area contributed by atoms with Gasteiger partial charge in [0, 0.05) is 19.0 Å². The highest BCUT2D eigenvalue weighted by Gasteiger charge is 2.43. The molecule has 0 saturated carbocycles. The fourth-order valence-corrected chi connectivity index (χ4v) is 2.43. The first kappa shape index (κ1) is 17.7. The van der Waals surface area contributed by atoms with Gasteiger partial charge >= 0.3 is 12.1 Å². The number of piperidine rings is 1. The zero-order valence-electron chi connectivity index (χ0n) is 13.5. The molecule has 0 spiro atoms. The Kier molecular flexibility index (Phi) is 4.71. The Morgan fingerprint density at radius 2 is 1.87 bits per heavy atom. The summed E-state index contributed by atoms with van der Waals surface area (Å²) in [5.74, 6) is -0.446. The molecule has 0 aliphatic carbocycles. The molecule has 0 unspecified atom stereocenters. The summed E-state index contributed by atoms with van der Waals surface area (Å²) in [6.45, 7) is 6.24. The van der Waals surface area contributed by atoms with E-state index in [9.17, 15) is 18.0 Å². The lowest BCUT2D eigenvalue weighted by Crippen LogP contribution is -2.45. The molecule has 0 bridgehead atoms. The molecule has 2 heterocycles. The quantitative estimate of drug-likeness (QED) is 0.846. The highest BCUT2D eigenvalue weighted by atomic mass is 19.4.